The monoisotopic (exact) mass is 385 g/mol. The highest BCUT2D eigenvalue weighted by atomic mass is 35.5. The highest BCUT2D eigenvalue weighted by Gasteiger charge is 2.13. The Kier molecular flexibility index (Phi) is 6.08. The molecule has 128 valence electrons. The molecule has 1 amide bonds. The van der Waals surface area contributed by atoms with E-state index in [1.165, 1.54) is 11.3 Å². The van der Waals surface area contributed by atoms with E-state index in [1.807, 2.05) is 5.38 Å². The Morgan fingerprint density at radius 1 is 1.29 bits per heavy atom. The van der Waals surface area contributed by atoms with Gasteiger partial charge in [-0.3, -0.25) is 9.69 Å². The van der Waals surface area contributed by atoms with Crippen LogP contribution in [0.15, 0.2) is 23.6 Å². The Balaban J connectivity index is 1.53. The summed E-state index contributed by atoms with van der Waals surface area (Å²) in [7, 11) is 0. The summed E-state index contributed by atoms with van der Waals surface area (Å²) < 4.78 is 5.33. The van der Waals surface area contributed by atoms with Gasteiger partial charge < -0.3 is 10.1 Å². The van der Waals surface area contributed by atoms with E-state index in [4.69, 9.17) is 27.9 Å². The first kappa shape index (κ1) is 17.6. The number of ether oxygens (including phenoxy) is 1. The van der Waals surface area contributed by atoms with Crippen LogP contribution in [0.5, 0.6) is 0 Å². The first-order chi connectivity index (χ1) is 11.6. The number of benzene rings is 1. The minimum Gasteiger partial charge on any atom is -0.379 e. The quantitative estimate of drug-likeness (QED) is 0.855. The van der Waals surface area contributed by atoms with Gasteiger partial charge in [0.25, 0.3) is 0 Å². The van der Waals surface area contributed by atoms with Gasteiger partial charge in [-0.15, -0.1) is 11.3 Å². The zero-order valence-corrected chi connectivity index (χ0v) is 15.3. The van der Waals surface area contributed by atoms with Crippen LogP contribution in [0.2, 0.25) is 10.0 Å². The molecular weight excluding hydrogens is 369 g/mol. The molecule has 1 aromatic carbocycles. The zero-order chi connectivity index (χ0) is 16.9. The molecule has 1 aromatic heterocycles. The predicted octanol–water partition coefficient (Wildman–Crippen LogP) is 3.46. The molecule has 0 radical (unpaired) electrons. The Morgan fingerprint density at radius 2 is 2.08 bits per heavy atom. The average molecular weight is 386 g/mol. The van der Waals surface area contributed by atoms with Gasteiger partial charge in [-0.1, -0.05) is 29.3 Å². The number of morpholine rings is 1. The summed E-state index contributed by atoms with van der Waals surface area (Å²) in [4.78, 5) is 18.9. The maximum absolute atomic E-state index is 12.1. The second-order valence-corrected chi connectivity index (χ2v) is 7.18. The molecule has 1 aliphatic rings. The standard InChI is InChI=1S/C16H17Cl2N3O2S/c17-13-2-1-11(7-14(13)18)8-15(22)20-16-19-12(10-24-16)9-21-3-5-23-6-4-21/h1-2,7,10H,3-6,8-9H2,(H,19,20,22). The van der Waals surface area contributed by atoms with Crippen molar-refractivity contribution in [3.63, 3.8) is 0 Å². The Morgan fingerprint density at radius 3 is 2.83 bits per heavy atom. The number of amides is 1. The molecule has 8 heteroatoms. The van der Waals surface area contributed by atoms with Crippen LogP contribution < -0.4 is 5.32 Å². The first-order valence-corrected chi connectivity index (χ1v) is 9.22. The van der Waals surface area contributed by atoms with Crippen molar-refractivity contribution >= 4 is 45.6 Å². The fraction of sp³-hybridized carbons (Fsp3) is 0.375. The third-order valence-corrected chi connectivity index (χ3v) is 5.18. The Bertz CT molecular complexity index is 717. The summed E-state index contributed by atoms with van der Waals surface area (Å²) >= 11 is 13.3. The van der Waals surface area contributed by atoms with Gasteiger partial charge in [0.15, 0.2) is 5.13 Å². The summed E-state index contributed by atoms with van der Waals surface area (Å²) in [6.45, 7) is 4.13. The summed E-state index contributed by atoms with van der Waals surface area (Å²) in [5.41, 5.74) is 1.78. The molecule has 0 unspecified atom stereocenters. The summed E-state index contributed by atoms with van der Waals surface area (Å²) in [6.07, 6.45) is 0.231. The molecule has 5 nitrogen and oxygen atoms in total. The van der Waals surface area contributed by atoms with Crippen molar-refractivity contribution in [2.75, 3.05) is 31.6 Å². The van der Waals surface area contributed by atoms with E-state index in [2.05, 4.69) is 15.2 Å². The molecule has 0 atom stereocenters. The highest BCUT2D eigenvalue weighted by molar-refractivity contribution is 7.13. The van der Waals surface area contributed by atoms with E-state index in [9.17, 15) is 4.79 Å². The lowest BCUT2D eigenvalue weighted by atomic mass is 10.1. The number of thiazole rings is 1. The molecule has 0 aliphatic carbocycles. The van der Waals surface area contributed by atoms with Gasteiger partial charge in [-0.25, -0.2) is 4.98 Å². The minimum atomic E-state index is -0.124. The fourth-order valence-corrected chi connectivity index (χ4v) is 3.46. The lowest BCUT2D eigenvalue weighted by Crippen LogP contribution is -2.35. The normalized spacial score (nSPS) is 15.4. The van der Waals surface area contributed by atoms with Gasteiger partial charge in [0.1, 0.15) is 0 Å². The van der Waals surface area contributed by atoms with Gasteiger partial charge in [0.2, 0.25) is 5.91 Å². The van der Waals surface area contributed by atoms with Gasteiger partial charge in [-0.05, 0) is 17.7 Å². The van der Waals surface area contributed by atoms with E-state index < -0.39 is 0 Å². The smallest absolute Gasteiger partial charge is 0.230 e. The molecule has 3 rings (SSSR count). The second kappa shape index (κ2) is 8.27. The number of hydrogen-bond acceptors (Lipinski definition) is 5. The molecule has 1 N–H and O–H groups in total. The van der Waals surface area contributed by atoms with Crippen LogP contribution in [0.1, 0.15) is 11.3 Å². The number of carbonyl (C=O) groups excluding carboxylic acids is 1. The molecule has 1 fully saturated rings. The van der Waals surface area contributed by atoms with E-state index in [1.54, 1.807) is 18.2 Å². The van der Waals surface area contributed by atoms with Crippen LogP contribution in [0.4, 0.5) is 5.13 Å². The topological polar surface area (TPSA) is 54.5 Å². The lowest BCUT2D eigenvalue weighted by molar-refractivity contribution is -0.115. The third-order valence-electron chi connectivity index (χ3n) is 3.64. The molecule has 1 saturated heterocycles. The highest BCUT2D eigenvalue weighted by Crippen LogP contribution is 2.23. The Hall–Kier alpha value is -1.18. The number of carbonyl (C=O) groups is 1. The van der Waals surface area contributed by atoms with E-state index in [0.717, 1.165) is 44.1 Å². The van der Waals surface area contributed by atoms with Crippen LogP contribution in [-0.2, 0) is 22.5 Å². The number of halogens is 2. The fourth-order valence-electron chi connectivity index (χ4n) is 2.42. The molecular formula is C16H17Cl2N3O2S. The summed E-state index contributed by atoms with van der Waals surface area (Å²) in [5.74, 6) is -0.124. The van der Waals surface area contributed by atoms with Crippen molar-refractivity contribution in [1.29, 1.82) is 0 Å². The maximum Gasteiger partial charge on any atom is 0.230 e. The molecule has 0 saturated carbocycles. The van der Waals surface area contributed by atoms with E-state index in [0.29, 0.717) is 15.2 Å². The van der Waals surface area contributed by atoms with Crippen molar-refractivity contribution in [1.82, 2.24) is 9.88 Å². The predicted molar refractivity (Wildman–Crippen MR) is 97.0 cm³/mol. The van der Waals surface area contributed by atoms with E-state index in [-0.39, 0.29) is 12.3 Å². The molecule has 24 heavy (non-hydrogen) atoms. The lowest BCUT2D eigenvalue weighted by Gasteiger charge is -2.25. The van der Waals surface area contributed by atoms with Gasteiger partial charge in [0, 0.05) is 25.0 Å². The van der Waals surface area contributed by atoms with Crippen LogP contribution in [-0.4, -0.2) is 42.1 Å². The van der Waals surface area contributed by atoms with Crippen LogP contribution >= 0.6 is 34.5 Å². The first-order valence-electron chi connectivity index (χ1n) is 7.58. The van der Waals surface area contributed by atoms with Crippen LogP contribution in [0.3, 0.4) is 0 Å². The van der Waals surface area contributed by atoms with Crippen molar-refractivity contribution in [3.8, 4) is 0 Å². The Labute approximate surface area is 154 Å². The average Bonchev–Trinajstić information content (AvgIpc) is 2.99. The van der Waals surface area contributed by atoms with Crippen molar-refractivity contribution in [2.45, 2.75) is 13.0 Å². The second-order valence-electron chi connectivity index (χ2n) is 5.51. The number of aromatic nitrogens is 1. The minimum absolute atomic E-state index is 0.124. The molecule has 2 aromatic rings. The van der Waals surface area contributed by atoms with E-state index >= 15 is 0 Å². The number of rotatable bonds is 5. The number of hydrogen-bond donors (Lipinski definition) is 1. The number of nitrogens with zero attached hydrogens (tertiary/aromatic N) is 2. The SMILES string of the molecule is O=C(Cc1ccc(Cl)c(Cl)c1)Nc1nc(CN2CCOCC2)cs1. The van der Waals surface area contributed by atoms with Crippen molar-refractivity contribution < 1.29 is 9.53 Å². The van der Waals surface area contributed by atoms with Crippen LogP contribution in [0, 0.1) is 0 Å². The molecule has 2 heterocycles. The number of nitrogens with one attached hydrogen (secondary N) is 1. The number of anilines is 1. The summed E-state index contributed by atoms with van der Waals surface area (Å²) in [6, 6.07) is 5.19. The molecule has 1 aliphatic heterocycles. The van der Waals surface area contributed by atoms with Gasteiger partial charge in [-0.2, -0.15) is 0 Å². The largest absolute Gasteiger partial charge is 0.379 e. The molecule has 0 spiro atoms. The third kappa shape index (κ3) is 4.91. The van der Waals surface area contributed by atoms with Gasteiger partial charge >= 0.3 is 0 Å². The van der Waals surface area contributed by atoms with Gasteiger partial charge in [0.05, 0.1) is 35.4 Å². The maximum atomic E-state index is 12.1. The summed E-state index contributed by atoms with van der Waals surface area (Å²) in [5, 5.41) is 6.35. The van der Waals surface area contributed by atoms with Crippen molar-refractivity contribution in [3.05, 3.63) is 44.9 Å². The van der Waals surface area contributed by atoms with Crippen LogP contribution in [0.25, 0.3) is 0 Å². The zero-order valence-electron chi connectivity index (χ0n) is 12.9. The van der Waals surface area contributed by atoms with Crippen molar-refractivity contribution in [2.24, 2.45) is 0 Å². The molecule has 0 bridgehead atoms.